The standard InChI is InChI=1S/C30H37N5O5/c1-22-32-19-25(21-33-10-12-34(13-11-33)29(37)40-30(2,3)4)35(22)20-23-8-9-24(18-31)28(16-23)39-27-7-5-6-26(17-27)38-15-14-36/h5-9,16-17,19,36H,10-15,20-21H2,1-4H3. The molecular weight excluding hydrogens is 510 g/mol. The number of amides is 1. The van der Waals surface area contributed by atoms with E-state index < -0.39 is 5.60 Å². The van der Waals surface area contributed by atoms with Crippen molar-refractivity contribution < 1.29 is 24.1 Å². The third kappa shape index (κ3) is 7.74. The minimum Gasteiger partial charge on any atom is -0.491 e. The van der Waals surface area contributed by atoms with E-state index in [-0.39, 0.29) is 19.3 Å². The Hall–Kier alpha value is -4.07. The number of piperazine rings is 1. The number of nitrogens with zero attached hydrogens (tertiary/aromatic N) is 5. The number of aliphatic hydroxyl groups excluding tert-OH is 1. The van der Waals surface area contributed by atoms with Crippen LogP contribution in [0.5, 0.6) is 17.2 Å². The highest BCUT2D eigenvalue weighted by atomic mass is 16.6. The van der Waals surface area contributed by atoms with E-state index in [1.807, 2.05) is 46.0 Å². The second-order valence-electron chi connectivity index (χ2n) is 10.7. The number of carbonyl (C=O) groups excluding carboxylic acids is 1. The molecule has 1 aliphatic heterocycles. The molecule has 0 saturated carbocycles. The lowest BCUT2D eigenvalue weighted by Crippen LogP contribution is -2.49. The Balaban J connectivity index is 1.43. The lowest BCUT2D eigenvalue weighted by Gasteiger charge is -2.35. The van der Waals surface area contributed by atoms with Crippen LogP contribution in [-0.4, -0.2) is 75.5 Å². The monoisotopic (exact) mass is 547 g/mol. The first-order chi connectivity index (χ1) is 19.1. The zero-order valence-electron chi connectivity index (χ0n) is 23.6. The van der Waals surface area contributed by atoms with Gasteiger partial charge in [-0.2, -0.15) is 5.26 Å². The molecule has 212 valence electrons. The fourth-order valence-electron chi connectivity index (χ4n) is 4.44. The average molecular weight is 548 g/mol. The summed E-state index contributed by atoms with van der Waals surface area (Å²) in [6.07, 6.45) is 1.63. The van der Waals surface area contributed by atoms with Gasteiger partial charge in [0.2, 0.25) is 0 Å². The molecule has 0 atom stereocenters. The SMILES string of the molecule is Cc1ncc(CN2CCN(C(=O)OC(C)(C)C)CC2)n1Cc1ccc(C#N)c(Oc2cccc(OCCO)c2)c1. The van der Waals surface area contributed by atoms with Crippen molar-refractivity contribution in [3.63, 3.8) is 0 Å². The Labute approximate surface area is 235 Å². The van der Waals surface area contributed by atoms with Gasteiger partial charge in [-0.05, 0) is 57.5 Å². The largest absolute Gasteiger partial charge is 0.491 e. The summed E-state index contributed by atoms with van der Waals surface area (Å²) in [7, 11) is 0. The smallest absolute Gasteiger partial charge is 0.410 e. The zero-order chi connectivity index (χ0) is 28.7. The summed E-state index contributed by atoms with van der Waals surface area (Å²) >= 11 is 0. The summed E-state index contributed by atoms with van der Waals surface area (Å²) in [5.41, 5.74) is 1.96. The molecule has 10 nitrogen and oxygen atoms in total. The molecule has 2 aromatic carbocycles. The predicted octanol–water partition coefficient (Wildman–Crippen LogP) is 4.33. The Kier molecular flexibility index (Phi) is 9.30. The lowest BCUT2D eigenvalue weighted by atomic mass is 10.1. The molecule has 0 aliphatic carbocycles. The third-order valence-electron chi connectivity index (χ3n) is 6.45. The molecule has 0 spiro atoms. The van der Waals surface area contributed by atoms with Crippen LogP contribution in [-0.2, 0) is 17.8 Å². The molecule has 10 heteroatoms. The average Bonchev–Trinajstić information content (AvgIpc) is 3.25. The lowest BCUT2D eigenvalue weighted by molar-refractivity contribution is 0.0137. The van der Waals surface area contributed by atoms with Gasteiger partial charge in [0, 0.05) is 51.5 Å². The van der Waals surface area contributed by atoms with E-state index in [0.717, 1.165) is 30.2 Å². The molecule has 4 rings (SSSR count). The van der Waals surface area contributed by atoms with Crippen molar-refractivity contribution in [1.82, 2.24) is 19.4 Å². The maximum absolute atomic E-state index is 12.4. The van der Waals surface area contributed by atoms with Crippen molar-refractivity contribution in [3.8, 4) is 23.3 Å². The van der Waals surface area contributed by atoms with Crippen LogP contribution in [0, 0.1) is 18.3 Å². The maximum atomic E-state index is 12.4. The van der Waals surface area contributed by atoms with Crippen LogP contribution < -0.4 is 9.47 Å². The molecule has 1 aliphatic rings. The number of ether oxygens (including phenoxy) is 3. The highest BCUT2D eigenvalue weighted by molar-refractivity contribution is 5.68. The Bertz CT molecular complexity index is 1350. The van der Waals surface area contributed by atoms with E-state index in [9.17, 15) is 10.1 Å². The van der Waals surface area contributed by atoms with Gasteiger partial charge in [0.1, 0.15) is 41.4 Å². The van der Waals surface area contributed by atoms with E-state index in [2.05, 4.69) is 20.5 Å². The molecule has 3 aromatic rings. The zero-order valence-corrected chi connectivity index (χ0v) is 23.6. The maximum Gasteiger partial charge on any atom is 0.410 e. The molecule has 1 N–H and O–H groups in total. The van der Waals surface area contributed by atoms with Crippen LogP contribution in [0.3, 0.4) is 0 Å². The fraction of sp³-hybridized carbons (Fsp3) is 0.433. The van der Waals surface area contributed by atoms with Gasteiger partial charge in [-0.1, -0.05) is 12.1 Å². The van der Waals surface area contributed by atoms with E-state index in [1.165, 1.54) is 0 Å². The predicted molar refractivity (Wildman–Crippen MR) is 149 cm³/mol. The van der Waals surface area contributed by atoms with Gasteiger partial charge in [0.05, 0.1) is 17.9 Å². The number of hydrogen-bond acceptors (Lipinski definition) is 8. The van der Waals surface area contributed by atoms with Crippen LogP contribution in [0.25, 0.3) is 0 Å². The minimum absolute atomic E-state index is 0.0797. The van der Waals surface area contributed by atoms with E-state index >= 15 is 0 Å². The molecule has 0 radical (unpaired) electrons. The first-order valence-corrected chi connectivity index (χ1v) is 13.4. The van der Waals surface area contributed by atoms with Crippen LogP contribution >= 0.6 is 0 Å². The fourth-order valence-corrected chi connectivity index (χ4v) is 4.44. The Morgan fingerprint density at radius 3 is 2.52 bits per heavy atom. The molecule has 2 heterocycles. The molecule has 40 heavy (non-hydrogen) atoms. The Morgan fingerprint density at radius 1 is 1.07 bits per heavy atom. The summed E-state index contributed by atoms with van der Waals surface area (Å²) in [6, 6.07) is 14.9. The van der Waals surface area contributed by atoms with Gasteiger partial charge in [-0.25, -0.2) is 9.78 Å². The molecule has 1 fully saturated rings. The van der Waals surface area contributed by atoms with E-state index in [0.29, 0.717) is 49.0 Å². The summed E-state index contributed by atoms with van der Waals surface area (Å²) in [5.74, 6) is 2.46. The topological polar surface area (TPSA) is 113 Å². The molecule has 1 amide bonds. The summed E-state index contributed by atoms with van der Waals surface area (Å²) in [6.45, 7) is 11.7. The van der Waals surface area contributed by atoms with Gasteiger partial charge in [-0.3, -0.25) is 4.90 Å². The number of nitriles is 1. The van der Waals surface area contributed by atoms with Crippen molar-refractivity contribution in [2.75, 3.05) is 39.4 Å². The van der Waals surface area contributed by atoms with Crippen molar-refractivity contribution in [2.45, 2.75) is 46.4 Å². The van der Waals surface area contributed by atoms with Gasteiger partial charge < -0.3 is 28.8 Å². The van der Waals surface area contributed by atoms with Crippen LogP contribution in [0.2, 0.25) is 0 Å². The first kappa shape index (κ1) is 28.9. The number of carbonyl (C=O) groups is 1. The van der Waals surface area contributed by atoms with Gasteiger partial charge in [0.15, 0.2) is 0 Å². The number of aliphatic hydroxyl groups is 1. The van der Waals surface area contributed by atoms with Gasteiger partial charge in [-0.15, -0.1) is 0 Å². The van der Waals surface area contributed by atoms with E-state index in [1.54, 1.807) is 35.2 Å². The number of benzene rings is 2. The molecule has 1 aromatic heterocycles. The third-order valence-corrected chi connectivity index (χ3v) is 6.45. The summed E-state index contributed by atoms with van der Waals surface area (Å²) in [5, 5.41) is 18.7. The van der Waals surface area contributed by atoms with Crippen molar-refractivity contribution >= 4 is 6.09 Å². The van der Waals surface area contributed by atoms with Crippen molar-refractivity contribution in [2.24, 2.45) is 0 Å². The highest BCUT2D eigenvalue weighted by Crippen LogP contribution is 2.29. The Morgan fingerprint density at radius 2 is 1.82 bits per heavy atom. The molecular formula is C30H37N5O5. The van der Waals surface area contributed by atoms with Crippen LogP contribution in [0.15, 0.2) is 48.7 Å². The molecule has 1 saturated heterocycles. The quantitative estimate of drug-likeness (QED) is 0.421. The molecule has 0 bridgehead atoms. The number of aromatic nitrogens is 2. The normalized spacial score (nSPS) is 14.1. The van der Waals surface area contributed by atoms with Gasteiger partial charge in [0.25, 0.3) is 0 Å². The highest BCUT2D eigenvalue weighted by Gasteiger charge is 2.26. The summed E-state index contributed by atoms with van der Waals surface area (Å²) < 4.78 is 19.2. The number of aryl methyl sites for hydroxylation is 1. The molecule has 0 unspecified atom stereocenters. The van der Waals surface area contributed by atoms with Crippen LogP contribution in [0.1, 0.15) is 43.4 Å². The second-order valence-corrected chi connectivity index (χ2v) is 10.7. The van der Waals surface area contributed by atoms with Gasteiger partial charge >= 0.3 is 6.09 Å². The number of rotatable bonds is 9. The second kappa shape index (κ2) is 12.9. The summed E-state index contributed by atoms with van der Waals surface area (Å²) in [4.78, 5) is 21.0. The first-order valence-electron chi connectivity index (χ1n) is 13.4. The van der Waals surface area contributed by atoms with Crippen molar-refractivity contribution in [1.29, 1.82) is 5.26 Å². The van der Waals surface area contributed by atoms with E-state index in [4.69, 9.17) is 19.3 Å². The van der Waals surface area contributed by atoms with Crippen molar-refractivity contribution in [3.05, 3.63) is 71.3 Å². The number of hydrogen-bond donors (Lipinski definition) is 1. The van der Waals surface area contributed by atoms with Crippen LogP contribution in [0.4, 0.5) is 4.79 Å². The number of imidazole rings is 1. The minimum atomic E-state index is -0.507.